The normalized spacial score (nSPS) is 12.1. The molecule has 0 amide bonds. The Bertz CT molecular complexity index is 402. The average molecular weight is 265 g/mol. The summed E-state index contributed by atoms with van der Waals surface area (Å²) < 4.78 is 0.934. The third kappa shape index (κ3) is 3.80. The predicted molar refractivity (Wildman–Crippen MR) is 69.2 cm³/mol. The molecule has 0 atom stereocenters. The van der Waals surface area contributed by atoms with E-state index in [0.717, 1.165) is 15.7 Å². The van der Waals surface area contributed by atoms with Gasteiger partial charge in [0.1, 0.15) is 0 Å². The van der Waals surface area contributed by atoms with E-state index in [9.17, 15) is 0 Å². The van der Waals surface area contributed by atoms with Crippen LogP contribution in [-0.2, 0) is 0 Å². The lowest BCUT2D eigenvalue weighted by Crippen LogP contribution is -1.85. The fourth-order valence-electron chi connectivity index (χ4n) is 0.927. The van der Waals surface area contributed by atoms with Crippen molar-refractivity contribution >= 4 is 27.8 Å². The second kappa shape index (κ2) is 5.61. The van der Waals surface area contributed by atoms with Gasteiger partial charge in [-0.25, -0.2) is 0 Å². The average Bonchev–Trinajstić information content (AvgIpc) is 2.26. The minimum absolute atomic E-state index is 0.710. The lowest BCUT2D eigenvalue weighted by Gasteiger charge is -1.99. The number of hydrogen-bond donors (Lipinski definition) is 0. The van der Waals surface area contributed by atoms with Gasteiger partial charge in [0.25, 0.3) is 0 Å². The molecular formula is C12H13BrN2. The summed E-state index contributed by atoms with van der Waals surface area (Å²) >= 11 is 3.34. The number of aliphatic imine (C=N–C) groups is 1. The largest absolute Gasteiger partial charge is 0.261 e. The first-order valence-corrected chi connectivity index (χ1v) is 5.40. The van der Waals surface area contributed by atoms with Crippen molar-refractivity contribution in [2.75, 3.05) is 0 Å². The molecule has 0 bridgehead atoms. The van der Waals surface area contributed by atoms with E-state index in [4.69, 9.17) is 0 Å². The van der Waals surface area contributed by atoms with Gasteiger partial charge in [0.15, 0.2) is 0 Å². The molecule has 0 aliphatic heterocycles. The third-order valence-electron chi connectivity index (χ3n) is 1.86. The van der Waals surface area contributed by atoms with Crippen LogP contribution in [0.1, 0.15) is 18.2 Å². The molecule has 0 unspecified atom stereocenters. The van der Waals surface area contributed by atoms with Crippen molar-refractivity contribution < 1.29 is 0 Å². The van der Waals surface area contributed by atoms with Crippen LogP contribution in [-0.4, -0.2) is 11.2 Å². The number of aryl methyl sites for hydroxylation is 1. The molecule has 1 aromatic heterocycles. The monoisotopic (exact) mass is 264 g/mol. The van der Waals surface area contributed by atoms with Gasteiger partial charge in [-0.05, 0) is 41.9 Å². The van der Waals surface area contributed by atoms with Gasteiger partial charge in [-0.2, -0.15) is 0 Å². The van der Waals surface area contributed by atoms with Crippen molar-refractivity contribution in [3.05, 3.63) is 46.7 Å². The van der Waals surface area contributed by atoms with Crippen molar-refractivity contribution in [3.8, 4) is 0 Å². The number of halogens is 1. The van der Waals surface area contributed by atoms with Crippen molar-refractivity contribution in [3.63, 3.8) is 0 Å². The van der Waals surface area contributed by atoms with E-state index in [0.29, 0.717) is 5.70 Å². The van der Waals surface area contributed by atoms with Crippen molar-refractivity contribution in [1.29, 1.82) is 0 Å². The van der Waals surface area contributed by atoms with E-state index < -0.39 is 0 Å². The highest BCUT2D eigenvalue weighted by Crippen LogP contribution is 2.13. The van der Waals surface area contributed by atoms with Crippen molar-refractivity contribution in [2.24, 2.45) is 4.99 Å². The van der Waals surface area contributed by atoms with E-state index in [1.807, 2.05) is 32.1 Å². The minimum atomic E-state index is 0.710. The molecule has 0 saturated carbocycles. The molecule has 0 aromatic carbocycles. The Hall–Kier alpha value is -1.22. The van der Waals surface area contributed by atoms with Gasteiger partial charge in [0, 0.05) is 28.2 Å². The second-order valence-corrected chi connectivity index (χ2v) is 3.98. The maximum absolute atomic E-state index is 4.22. The Morgan fingerprint density at radius 3 is 2.80 bits per heavy atom. The Morgan fingerprint density at radius 2 is 2.27 bits per heavy atom. The van der Waals surface area contributed by atoms with Gasteiger partial charge in [0.2, 0.25) is 0 Å². The topological polar surface area (TPSA) is 25.2 Å². The molecule has 0 aliphatic rings. The number of rotatable bonds is 3. The third-order valence-corrected chi connectivity index (χ3v) is 2.53. The lowest BCUT2D eigenvalue weighted by molar-refractivity contribution is 1.19. The number of nitrogens with zero attached hydrogens (tertiary/aromatic N) is 2. The van der Waals surface area contributed by atoms with Gasteiger partial charge < -0.3 is 0 Å². The van der Waals surface area contributed by atoms with E-state index in [1.54, 1.807) is 12.4 Å². The SMILES string of the molecule is C=C(N=C/C(Br)=C\C)c1ccc(C)nc1. The fraction of sp³-hybridized carbons (Fsp3) is 0.167. The van der Waals surface area contributed by atoms with Crippen LogP contribution < -0.4 is 0 Å². The minimum Gasteiger partial charge on any atom is -0.261 e. The molecule has 1 aromatic rings. The van der Waals surface area contributed by atoms with Crippen molar-refractivity contribution in [1.82, 2.24) is 4.98 Å². The standard InChI is InChI=1S/C12H13BrN2/c1-4-12(13)8-15-10(3)11-6-5-9(2)14-7-11/h4-8H,3H2,1-2H3/b12-4+,15-8?. The zero-order valence-electron chi connectivity index (χ0n) is 8.87. The van der Waals surface area contributed by atoms with E-state index in [-0.39, 0.29) is 0 Å². The fourth-order valence-corrected chi connectivity index (χ4v) is 1.03. The highest BCUT2D eigenvalue weighted by molar-refractivity contribution is 9.12. The Morgan fingerprint density at radius 1 is 1.53 bits per heavy atom. The predicted octanol–water partition coefficient (Wildman–Crippen LogP) is 3.73. The first kappa shape index (κ1) is 11.9. The molecule has 0 saturated heterocycles. The van der Waals surface area contributed by atoms with Crippen LogP contribution in [0.2, 0.25) is 0 Å². The first-order chi connectivity index (χ1) is 7.13. The zero-order valence-corrected chi connectivity index (χ0v) is 10.5. The van der Waals surface area contributed by atoms with Crippen LogP contribution in [0.25, 0.3) is 5.70 Å². The molecule has 1 heterocycles. The molecule has 15 heavy (non-hydrogen) atoms. The Labute approximate surface area is 98.6 Å². The molecule has 0 fully saturated rings. The lowest BCUT2D eigenvalue weighted by atomic mass is 10.2. The summed E-state index contributed by atoms with van der Waals surface area (Å²) in [6, 6.07) is 3.91. The van der Waals surface area contributed by atoms with Crippen LogP contribution in [0.4, 0.5) is 0 Å². The summed E-state index contributed by atoms with van der Waals surface area (Å²) in [5, 5.41) is 0. The molecule has 1 rings (SSSR count). The van der Waals surface area contributed by atoms with E-state index >= 15 is 0 Å². The quantitative estimate of drug-likeness (QED) is 0.764. The number of allylic oxidation sites excluding steroid dienone is 2. The van der Waals surface area contributed by atoms with Crippen LogP contribution in [0, 0.1) is 6.92 Å². The molecular weight excluding hydrogens is 252 g/mol. The van der Waals surface area contributed by atoms with E-state index in [2.05, 4.69) is 32.5 Å². The van der Waals surface area contributed by atoms with Gasteiger partial charge in [0.05, 0.1) is 5.70 Å². The number of aromatic nitrogens is 1. The number of hydrogen-bond acceptors (Lipinski definition) is 2. The summed E-state index contributed by atoms with van der Waals surface area (Å²) in [6.45, 7) is 7.76. The van der Waals surface area contributed by atoms with Gasteiger partial charge in [-0.15, -0.1) is 0 Å². The summed E-state index contributed by atoms with van der Waals surface area (Å²) in [4.78, 5) is 8.41. The Balaban J connectivity index is 2.78. The van der Waals surface area contributed by atoms with Crippen LogP contribution in [0.5, 0.6) is 0 Å². The smallest absolute Gasteiger partial charge is 0.0646 e. The molecule has 78 valence electrons. The second-order valence-electron chi connectivity index (χ2n) is 3.07. The van der Waals surface area contributed by atoms with Gasteiger partial charge in [-0.3, -0.25) is 9.98 Å². The maximum atomic E-state index is 4.22. The van der Waals surface area contributed by atoms with Gasteiger partial charge >= 0.3 is 0 Å². The molecule has 3 heteroatoms. The van der Waals surface area contributed by atoms with Gasteiger partial charge in [-0.1, -0.05) is 12.7 Å². The first-order valence-electron chi connectivity index (χ1n) is 4.61. The summed E-state index contributed by atoms with van der Waals surface area (Å²) in [7, 11) is 0. The van der Waals surface area contributed by atoms with Crippen LogP contribution in [0.15, 0.2) is 40.5 Å². The van der Waals surface area contributed by atoms with Crippen molar-refractivity contribution in [2.45, 2.75) is 13.8 Å². The van der Waals surface area contributed by atoms with Crippen LogP contribution in [0.3, 0.4) is 0 Å². The zero-order chi connectivity index (χ0) is 11.3. The Kier molecular flexibility index (Phi) is 4.43. The van der Waals surface area contributed by atoms with E-state index in [1.165, 1.54) is 0 Å². The maximum Gasteiger partial charge on any atom is 0.0646 e. The molecule has 0 radical (unpaired) electrons. The molecule has 2 nitrogen and oxygen atoms in total. The number of pyridine rings is 1. The molecule has 0 N–H and O–H groups in total. The highest BCUT2D eigenvalue weighted by Gasteiger charge is 1.96. The summed E-state index contributed by atoms with van der Waals surface area (Å²) in [5.74, 6) is 0. The molecule has 0 aliphatic carbocycles. The summed E-state index contributed by atoms with van der Waals surface area (Å²) in [6.07, 6.45) is 5.42. The summed E-state index contributed by atoms with van der Waals surface area (Å²) in [5.41, 5.74) is 2.64. The highest BCUT2D eigenvalue weighted by atomic mass is 79.9. The molecule has 0 spiro atoms. The van der Waals surface area contributed by atoms with Crippen LogP contribution >= 0.6 is 15.9 Å².